The third-order valence-corrected chi connectivity index (χ3v) is 8.16. The molecule has 0 saturated heterocycles. The number of ether oxygens (including phenoxy) is 1. The van der Waals surface area contributed by atoms with Crippen molar-refractivity contribution < 1.29 is 23.4 Å². The van der Waals surface area contributed by atoms with Crippen LogP contribution in [0.15, 0.2) is 36.4 Å². The fraction of sp³-hybridized carbons (Fsp3) is 0.444. The van der Waals surface area contributed by atoms with Gasteiger partial charge >= 0.3 is 5.97 Å². The first-order valence-corrected chi connectivity index (χ1v) is 11.5. The Morgan fingerprint density at radius 3 is 2.52 bits per heavy atom. The van der Waals surface area contributed by atoms with Crippen LogP contribution in [0, 0.1) is 29.9 Å². The molecule has 6 rings (SSSR count). The molecule has 2 heterocycles. The van der Waals surface area contributed by atoms with Crippen LogP contribution in [0.25, 0.3) is 16.6 Å². The predicted octanol–water partition coefficient (Wildman–Crippen LogP) is 6.00. The molecule has 2 spiro atoms. The molecular weight excluding hydrogens is 424 g/mol. The number of aryl methyl sites for hydroxylation is 1. The average Bonchev–Trinajstić information content (AvgIpc) is 3.03. The monoisotopic (exact) mass is 451 g/mol. The number of hydrogen-bond acceptors (Lipinski definition) is 2. The molecule has 1 N–H and O–H groups in total. The molecule has 0 amide bonds. The molecule has 2 fully saturated rings. The highest BCUT2D eigenvalue weighted by Crippen LogP contribution is 2.70. The highest BCUT2D eigenvalue weighted by Gasteiger charge is 2.65. The van der Waals surface area contributed by atoms with E-state index in [0.29, 0.717) is 25.0 Å². The summed E-state index contributed by atoms with van der Waals surface area (Å²) in [5.74, 6) is -1.56. The molecule has 3 aliphatic rings. The smallest absolute Gasteiger partial charge is 0.306 e. The summed E-state index contributed by atoms with van der Waals surface area (Å²) < 4.78 is 37.3. The molecule has 6 heteroatoms. The van der Waals surface area contributed by atoms with Crippen LogP contribution in [0.4, 0.5) is 8.78 Å². The summed E-state index contributed by atoms with van der Waals surface area (Å²) in [4.78, 5) is 11.4. The molecular formula is C27H27F2NO3. The van der Waals surface area contributed by atoms with Gasteiger partial charge in [0.2, 0.25) is 0 Å². The molecule has 1 aliphatic heterocycles. The van der Waals surface area contributed by atoms with E-state index in [2.05, 4.69) is 18.4 Å². The van der Waals surface area contributed by atoms with E-state index in [1.165, 1.54) is 12.1 Å². The lowest BCUT2D eigenvalue weighted by molar-refractivity contribution is -0.231. The summed E-state index contributed by atoms with van der Waals surface area (Å²) in [7, 11) is 0. The van der Waals surface area contributed by atoms with Gasteiger partial charge in [0.15, 0.2) is 0 Å². The van der Waals surface area contributed by atoms with Gasteiger partial charge < -0.3 is 14.4 Å². The summed E-state index contributed by atoms with van der Waals surface area (Å²) >= 11 is 0. The number of aromatic nitrogens is 1. The van der Waals surface area contributed by atoms with E-state index in [-0.39, 0.29) is 28.4 Å². The summed E-state index contributed by atoms with van der Waals surface area (Å²) in [6, 6.07) is 9.93. The van der Waals surface area contributed by atoms with Crippen LogP contribution in [-0.4, -0.2) is 22.2 Å². The number of rotatable bonds is 2. The van der Waals surface area contributed by atoms with Crippen LogP contribution in [0.1, 0.15) is 56.4 Å². The Hall–Kier alpha value is -2.73. The first kappa shape index (κ1) is 20.8. The second kappa shape index (κ2) is 6.44. The molecule has 2 saturated carbocycles. The van der Waals surface area contributed by atoms with Crippen molar-refractivity contribution in [3.8, 4) is 5.69 Å². The van der Waals surface area contributed by atoms with Crippen molar-refractivity contribution in [1.82, 2.24) is 4.57 Å². The first-order valence-electron chi connectivity index (χ1n) is 11.5. The molecule has 2 aromatic carbocycles. The highest BCUT2D eigenvalue weighted by molar-refractivity contribution is 5.89. The zero-order chi connectivity index (χ0) is 23.3. The Bertz CT molecular complexity index is 1320. The van der Waals surface area contributed by atoms with Crippen molar-refractivity contribution in [2.45, 2.75) is 57.5 Å². The lowest BCUT2D eigenvalue weighted by atomic mass is 9.44. The Kier molecular flexibility index (Phi) is 4.07. The minimum absolute atomic E-state index is 0.00395. The van der Waals surface area contributed by atoms with E-state index in [1.54, 1.807) is 25.1 Å². The third kappa shape index (κ3) is 2.79. The third-order valence-electron chi connectivity index (χ3n) is 8.16. The lowest BCUT2D eigenvalue weighted by Crippen LogP contribution is -2.61. The van der Waals surface area contributed by atoms with Crippen LogP contribution < -0.4 is 0 Å². The summed E-state index contributed by atoms with van der Waals surface area (Å²) in [5, 5.41) is 10.2. The number of carboxylic acid groups (broad SMARTS) is 1. The largest absolute Gasteiger partial charge is 0.481 e. The van der Waals surface area contributed by atoms with Crippen molar-refractivity contribution in [3.63, 3.8) is 0 Å². The topological polar surface area (TPSA) is 51.5 Å². The maximum Gasteiger partial charge on any atom is 0.306 e. The maximum atomic E-state index is 14.5. The fourth-order valence-electron chi connectivity index (χ4n) is 6.75. The number of carbonyl (C=O) groups is 1. The van der Waals surface area contributed by atoms with Crippen LogP contribution in [0.2, 0.25) is 0 Å². The Morgan fingerprint density at radius 1 is 1.12 bits per heavy atom. The van der Waals surface area contributed by atoms with Crippen molar-refractivity contribution in [1.29, 1.82) is 0 Å². The molecule has 3 aromatic rings. The normalized spacial score (nSPS) is 29.7. The number of nitrogens with zero attached hydrogens (tertiary/aromatic N) is 1. The zero-order valence-electron chi connectivity index (χ0n) is 19.0. The zero-order valence-corrected chi connectivity index (χ0v) is 19.0. The van der Waals surface area contributed by atoms with E-state index in [4.69, 9.17) is 4.74 Å². The lowest BCUT2D eigenvalue weighted by Gasteiger charge is -2.64. The average molecular weight is 452 g/mol. The van der Waals surface area contributed by atoms with Gasteiger partial charge in [0.1, 0.15) is 11.6 Å². The molecule has 0 radical (unpaired) electrons. The molecule has 4 nitrogen and oxygen atoms in total. The number of hydrogen-bond donors (Lipinski definition) is 1. The van der Waals surface area contributed by atoms with Crippen LogP contribution >= 0.6 is 0 Å². The second-order valence-electron chi connectivity index (χ2n) is 11.1. The van der Waals surface area contributed by atoms with Gasteiger partial charge in [0.05, 0.1) is 23.6 Å². The van der Waals surface area contributed by atoms with Gasteiger partial charge in [-0.15, -0.1) is 0 Å². The van der Waals surface area contributed by atoms with Crippen molar-refractivity contribution in [2.24, 2.45) is 11.3 Å². The predicted molar refractivity (Wildman–Crippen MR) is 121 cm³/mol. The Labute approximate surface area is 191 Å². The Morgan fingerprint density at radius 2 is 1.85 bits per heavy atom. The van der Waals surface area contributed by atoms with Gasteiger partial charge in [-0.2, -0.15) is 0 Å². The van der Waals surface area contributed by atoms with Crippen LogP contribution in [-0.2, 0) is 20.5 Å². The van der Waals surface area contributed by atoms with E-state index in [1.807, 2.05) is 6.07 Å². The number of benzene rings is 2. The quantitative estimate of drug-likeness (QED) is 0.520. The van der Waals surface area contributed by atoms with Crippen molar-refractivity contribution in [2.75, 3.05) is 6.61 Å². The van der Waals surface area contributed by atoms with Crippen LogP contribution in [0.3, 0.4) is 0 Å². The Balaban J connectivity index is 1.56. The highest BCUT2D eigenvalue weighted by atomic mass is 19.1. The molecule has 0 atom stereocenters. The maximum absolute atomic E-state index is 14.5. The molecule has 33 heavy (non-hydrogen) atoms. The second-order valence-corrected chi connectivity index (χ2v) is 11.1. The van der Waals surface area contributed by atoms with E-state index in [0.717, 1.165) is 40.7 Å². The molecule has 2 aliphatic carbocycles. The first-order chi connectivity index (χ1) is 15.5. The SMILES string of the molecule is Cc1cc(-n2c3c(c4cc(F)ccc42)C2(CC4(CC(C(=O)O)C4)C2)OCC3(C)C)ccc1F. The molecule has 172 valence electrons. The molecule has 0 bridgehead atoms. The van der Waals surface area contributed by atoms with Crippen molar-refractivity contribution >= 4 is 16.9 Å². The van der Waals surface area contributed by atoms with Gasteiger partial charge in [-0.3, -0.25) is 4.79 Å². The fourth-order valence-corrected chi connectivity index (χ4v) is 6.75. The minimum Gasteiger partial charge on any atom is -0.481 e. The van der Waals surface area contributed by atoms with E-state index < -0.39 is 11.6 Å². The van der Waals surface area contributed by atoms with Crippen molar-refractivity contribution in [3.05, 3.63) is 64.9 Å². The van der Waals surface area contributed by atoms with Gasteiger partial charge in [0, 0.05) is 27.7 Å². The van der Waals surface area contributed by atoms with E-state index >= 15 is 0 Å². The summed E-state index contributed by atoms with van der Waals surface area (Å²) in [6.07, 6.45) is 2.86. The standard InChI is InChI=1S/C27H27F2NO3/c1-15-8-18(5-6-20(15)29)30-21-7-4-17(28)9-19(21)22-23(30)25(2,3)14-33-27(22)12-26(13-27)10-16(11-26)24(31)32/h4-9,16H,10-14H2,1-3H3,(H,31,32). The molecule has 1 aromatic heterocycles. The number of halogens is 2. The number of fused-ring (bicyclic) bond motifs is 4. The minimum atomic E-state index is -0.724. The van der Waals surface area contributed by atoms with Crippen LogP contribution in [0.5, 0.6) is 0 Å². The number of aliphatic carboxylic acids is 1. The van der Waals surface area contributed by atoms with Gasteiger partial charge in [-0.05, 0) is 80.0 Å². The number of carboxylic acids is 1. The van der Waals surface area contributed by atoms with Gasteiger partial charge in [-0.25, -0.2) is 8.78 Å². The summed E-state index contributed by atoms with van der Waals surface area (Å²) in [5.41, 5.74) is 3.48. The van der Waals surface area contributed by atoms with Gasteiger partial charge in [-0.1, -0.05) is 13.8 Å². The van der Waals surface area contributed by atoms with E-state index in [9.17, 15) is 18.7 Å². The summed E-state index contributed by atoms with van der Waals surface area (Å²) in [6.45, 7) is 6.51. The van der Waals surface area contributed by atoms with Gasteiger partial charge in [0.25, 0.3) is 0 Å². The molecule has 0 unspecified atom stereocenters.